The molecule has 3 amide bonds. The molecule has 10 heteroatoms. The van der Waals surface area contributed by atoms with Crippen LogP contribution < -0.4 is 14.8 Å². The predicted octanol–water partition coefficient (Wildman–Crippen LogP) is 3.13. The minimum absolute atomic E-state index is 0.0288. The molecule has 1 fully saturated rings. The largest absolute Gasteiger partial charge is 0.497 e. The van der Waals surface area contributed by atoms with Crippen molar-refractivity contribution in [2.75, 3.05) is 40.9 Å². The number of nitrogens with one attached hydrogen (secondary N) is 1. The van der Waals surface area contributed by atoms with Gasteiger partial charge in [0.15, 0.2) is 0 Å². The Balaban J connectivity index is 1.49. The van der Waals surface area contributed by atoms with Gasteiger partial charge in [0, 0.05) is 36.8 Å². The number of nitrogens with zero attached hydrogens (tertiary/aromatic N) is 2. The maximum Gasteiger partial charge on any atom is 0.293 e. The highest BCUT2D eigenvalue weighted by Crippen LogP contribution is 2.32. The van der Waals surface area contributed by atoms with Gasteiger partial charge in [0.05, 0.1) is 25.7 Å². The van der Waals surface area contributed by atoms with Crippen molar-refractivity contribution in [1.29, 1.82) is 0 Å². The number of imide groups is 1. The summed E-state index contributed by atoms with van der Waals surface area (Å²) in [6.07, 6.45) is 1.36. The Bertz CT molecular complexity index is 1110. The zero-order chi connectivity index (χ0) is 24.7. The number of benzene rings is 2. The van der Waals surface area contributed by atoms with Crippen molar-refractivity contribution in [2.45, 2.75) is 6.54 Å². The average molecular weight is 488 g/mol. The first-order valence-electron chi connectivity index (χ1n) is 10.5. The van der Waals surface area contributed by atoms with E-state index in [1.165, 1.54) is 18.2 Å². The van der Waals surface area contributed by atoms with Gasteiger partial charge in [-0.25, -0.2) is 4.39 Å². The summed E-state index contributed by atoms with van der Waals surface area (Å²) >= 11 is 0.752. The Morgan fingerprint density at radius 1 is 1.18 bits per heavy atom. The molecule has 34 heavy (non-hydrogen) atoms. The molecule has 1 aliphatic rings. The molecular formula is C24H26FN3O5S. The van der Waals surface area contributed by atoms with E-state index in [1.54, 1.807) is 39.5 Å². The summed E-state index contributed by atoms with van der Waals surface area (Å²) in [4.78, 5) is 40.1. The minimum atomic E-state index is -0.503. The van der Waals surface area contributed by atoms with Gasteiger partial charge in [0.2, 0.25) is 5.91 Å². The molecule has 8 nitrogen and oxygen atoms in total. The average Bonchev–Trinajstić information content (AvgIpc) is 3.08. The molecule has 0 aliphatic carbocycles. The molecule has 1 heterocycles. The van der Waals surface area contributed by atoms with Crippen LogP contribution in [0.2, 0.25) is 0 Å². The number of thioether (sulfide) groups is 1. The third-order valence-corrected chi connectivity index (χ3v) is 5.98. The van der Waals surface area contributed by atoms with Crippen LogP contribution in [0, 0.1) is 5.82 Å². The zero-order valence-corrected chi connectivity index (χ0v) is 20.0. The Morgan fingerprint density at radius 3 is 2.65 bits per heavy atom. The number of amides is 3. The first kappa shape index (κ1) is 25.3. The third-order valence-electron chi connectivity index (χ3n) is 5.07. The highest BCUT2D eigenvalue weighted by atomic mass is 32.2. The van der Waals surface area contributed by atoms with Crippen LogP contribution in [-0.4, -0.2) is 67.8 Å². The van der Waals surface area contributed by atoms with Crippen LogP contribution in [0.25, 0.3) is 6.08 Å². The fourth-order valence-corrected chi connectivity index (χ4v) is 4.22. The lowest BCUT2D eigenvalue weighted by molar-refractivity contribution is -0.124. The number of rotatable bonds is 10. The van der Waals surface area contributed by atoms with Gasteiger partial charge in [-0.15, -0.1) is 0 Å². The summed E-state index contributed by atoms with van der Waals surface area (Å²) in [6.45, 7) is 0.735. The second-order valence-corrected chi connectivity index (χ2v) is 8.55. The van der Waals surface area contributed by atoms with Crippen molar-refractivity contribution in [1.82, 2.24) is 15.1 Å². The van der Waals surface area contributed by atoms with E-state index < -0.39 is 17.0 Å². The van der Waals surface area contributed by atoms with Crippen molar-refractivity contribution in [3.63, 3.8) is 0 Å². The molecule has 2 aromatic carbocycles. The van der Waals surface area contributed by atoms with Gasteiger partial charge in [-0.05, 0) is 37.0 Å². The van der Waals surface area contributed by atoms with Crippen molar-refractivity contribution >= 4 is 34.9 Å². The Hall–Kier alpha value is -3.37. The summed E-state index contributed by atoms with van der Waals surface area (Å²) in [5.74, 6) is 0.115. The highest BCUT2D eigenvalue weighted by Gasteiger charge is 2.34. The Labute approximate surface area is 201 Å². The molecule has 3 rings (SSSR count). The molecule has 1 saturated heterocycles. The predicted molar refractivity (Wildman–Crippen MR) is 128 cm³/mol. The quantitative estimate of drug-likeness (QED) is 0.515. The molecule has 0 bridgehead atoms. The molecule has 180 valence electrons. The lowest BCUT2D eigenvalue weighted by Gasteiger charge is -2.19. The van der Waals surface area contributed by atoms with Gasteiger partial charge >= 0.3 is 0 Å². The standard InChI is InChI=1S/C24H26FN3O5S/c1-27(14-17-8-9-18(32-2)13-20(17)33-3)15-22(29)26-10-11-28-23(30)21(34-24(28)31)12-16-6-4-5-7-19(16)25/h4-9,12-13H,10-11,14-15H2,1-3H3,(H,26,29)/b21-12-. The van der Waals surface area contributed by atoms with Crippen LogP contribution in [0.3, 0.4) is 0 Å². The van der Waals surface area contributed by atoms with Crippen LogP contribution in [0.4, 0.5) is 9.18 Å². The number of halogens is 1. The number of likely N-dealkylation sites (N-methyl/N-ethyl adjacent to an activating group) is 1. The Morgan fingerprint density at radius 2 is 1.94 bits per heavy atom. The lowest BCUT2D eigenvalue weighted by Crippen LogP contribution is -2.40. The second kappa shape index (κ2) is 11.7. The number of methoxy groups -OCH3 is 2. The van der Waals surface area contributed by atoms with Crippen molar-refractivity contribution in [2.24, 2.45) is 0 Å². The molecule has 0 spiro atoms. The smallest absolute Gasteiger partial charge is 0.293 e. The van der Waals surface area contributed by atoms with Gasteiger partial charge < -0.3 is 14.8 Å². The van der Waals surface area contributed by atoms with Gasteiger partial charge in [-0.2, -0.15) is 0 Å². The normalized spacial score (nSPS) is 14.7. The van der Waals surface area contributed by atoms with Crippen LogP contribution in [0.5, 0.6) is 11.5 Å². The third kappa shape index (κ3) is 6.36. The van der Waals surface area contributed by atoms with Crippen LogP contribution in [-0.2, 0) is 16.1 Å². The topological polar surface area (TPSA) is 88.2 Å². The second-order valence-electron chi connectivity index (χ2n) is 7.55. The highest BCUT2D eigenvalue weighted by molar-refractivity contribution is 8.18. The SMILES string of the molecule is COc1ccc(CN(C)CC(=O)NCCN2C(=O)S/C(=C\c3ccccc3F)C2=O)c(OC)c1. The van der Waals surface area contributed by atoms with E-state index in [4.69, 9.17) is 9.47 Å². The van der Waals surface area contributed by atoms with Gasteiger partial charge in [-0.3, -0.25) is 24.2 Å². The van der Waals surface area contributed by atoms with Gasteiger partial charge in [0.25, 0.3) is 11.1 Å². The summed E-state index contributed by atoms with van der Waals surface area (Å²) in [6, 6.07) is 11.5. The summed E-state index contributed by atoms with van der Waals surface area (Å²) < 4.78 is 24.4. The Kier molecular flexibility index (Phi) is 8.67. The lowest BCUT2D eigenvalue weighted by atomic mass is 10.2. The maximum absolute atomic E-state index is 13.8. The molecule has 1 N–H and O–H groups in total. The fourth-order valence-electron chi connectivity index (χ4n) is 3.36. The van der Waals surface area contributed by atoms with Crippen LogP contribution >= 0.6 is 11.8 Å². The number of carbonyl (C=O) groups excluding carboxylic acids is 3. The van der Waals surface area contributed by atoms with E-state index in [0.29, 0.717) is 18.0 Å². The van der Waals surface area contributed by atoms with Gasteiger partial charge in [-0.1, -0.05) is 24.3 Å². The molecule has 2 aromatic rings. The molecule has 0 unspecified atom stereocenters. The molecular weight excluding hydrogens is 461 g/mol. The van der Waals surface area contributed by atoms with E-state index in [0.717, 1.165) is 22.2 Å². The first-order valence-corrected chi connectivity index (χ1v) is 11.3. The maximum atomic E-state index is 13.8. The summed E-state index contributed by atoms with van der Waals surface area (Å²) in [7, 11) is 4.95. The van der Waals surface area contributed by atoms with E-state index >= 15 is 0 Å². The number of hydrogen-bond donors (Lipinski definition) is 1. The fraction of sp³-hybridized carbons (Fsp3) is 0.292. The summed E-state index contributed by atoms with van der Waals surface area (Å²) in [5, 5.41) is 2.27. The van der Waals surface area contributed by atoms with Crippen molar-refractivity contribution < 1.29 is 28.2 Å². The molecule has 0 radical (unpaired) electrons. The molecule has 0 aromatic heterocycles. The number of carbonyl (C=O) groups is 3. The zero-order valence-electron chi connectivity index (χ0n) is 19.2. The van der Waals surface area contributed by atoms with E-state index in [9.17, 15) is 18.8 Å². The molecule has 0 atom stereocenters. The number of hydrogen-bond acceptors (Lipinski definition) is 7. The minimum Gasteiger partial charge on any atom is -0.497 e. The van der Waals surface area contributed by atoms with E-state index in [-0.39, 0.29) is 36.0 Å². The molecule has 1 aliphatic heterocycles. The molecule has 0 saturated carbocycles. The van der Waals surface area contributed by atoms with E-state index in [1.807, 2.05) is 17.0 Å². The summed E-state index contributed by atoms with van der Waals surface area (Å²) in [5.41, 5.74) is 1.14. The van der Waals surface area contributed by atoms with Gasteiger partial charge in [0.1, 0.15) is 17.3 Å². The monoisotopic (exact) mass is 487 g/mol. The van der Waals surface area contributed by atoms with E-state index in [2.05, 4.69) is 5.32 Å². The van der Waals surface area contributed by atoms with Crippen LogP contribution in [0.1, 0.15) is 11.1 Å². The number of ether oxygens (including phenoxy) is 2. The van der Waals surface area contributed by atoms with Crippen molar-refractivity contribution in [3.8, 4) is 11.5 Å². The van der Waals surface area contributed by atoms with Crippen LogP contribution in [0.15, 0.2) is 47.4 Å². The first-order chi connectivity index (χ1) is 16.3. The van der Waals surface area contributed by atoms with Crippen molar-refractivity contribution in [3.05, 3.63) is 64.3 Å².